The molecule has 0 aliphatic carbocycles. The minimum atomic E-state index is 0.955. The van der Waals surface area contributed by atoms with Crippen molar-refractivity contribution in [2.45, 2.75) is 27.2 Å². The molecule has 0 heterocycles. The van der Waals surface area contributed by atoms with E-state index in [1.165, 1.54) is 22.3 Å². The molecule has 0 fully saturated rings. The molecule has 0 saturated carbocycles. The Morgan fingerprint density at radius 2 is 1.93 bits per heavy atom. The third-order valence-corrected chi connectivity index (χ3v) is 2.56. The van der Waals surface area contributed by atoms with Crippen LogP contribution in [0.5, 0.6) is 5.75 Å². The van der Waals surface area contributed by atoms with E-state index >= 15 is 0 Å². The van der Waals surface area contributed by atoms with Gasteiger partial charge in [-0.1, -0.05) is 18.2 Å². The van der Waals surface area contributed by atoms with E-state index in [0.29, 0.717) is 0 Å². The summed E-state index contributed by atoms with van der Waals surface area (Å²) in [5.74, 6) is 0.966. The molecule has 0 N–H and O–H groups in total. The monoisotopic (exact) mass is 190 g/mol. The minimum Gasteiger partial charge on any atom is -0.496 e. The van der Waals surface area contributed by atoms with E-state index in [-0.39, 0.29) is 0 Å². The SMILES string of the molecule is C=C(C)Cc1ccc(OC)c(C)c1C. The van der Waals surface area contributed by atoms with Crippen molar-refractivity contribution < 1.29 is 4.74 Å². The lowest BCUT2D eigenvalue weighted by atomic mass is 9.98. The molecular weight excluding hydrogens is 172 g/mol. The predicted molar refractivity (Wildman–Crippen MR) is 61.0 cm³/mol. The average Bonchev–Trinajstić information content (AvgIpc) is 2.13. The first-order chi connectivity index (χ1) is 6.56. The number of hydrogen-bond donors (Lipinski definition) is 0. The van der Waals surface area contributed by atoms with Crippen LogP contribution in [0.1, 0.15) is 23.6 Å². The Hall–Kier alpha value is -1.24. The molecule has 0 amide bonds. The van der Waals surface area contributed by atoms with Crippen LogP contribution < -0.4 is 4.74 Å². The number of benzene rings is 1. The van der Waals surface area contributed by atoms with Gasteiger partial charge in [-0.05, 0) is 49.9 Å². The van der Waals surface area contributed by atoms with E-state index < -0.39 is 0 Å². The molecular formula is C13H18O. The summed E-state index contributed by atoms with van der Waals surface area (Å²) in [5.41, 5.74) is 5.08. The lowest BCUT2D eigenvalue weighted by Crippen LogP contribution is -1.96. The van der Waals surface area contributed by atoms with Crippen molar-refractivity contribution in [3.63, 3.8) is 0 Å². The standard InChI is InChI=1S/C13H18O/c1-9(2)8-12-6-7-13(14-5)11(4)10(12)3/h6-7H,1,8H2,2-5H3. The van der Waals surface area contributed by atoms with Crippen molar-refractivity contribution in [3.8, 4) is 5.75 Å². The molecule has 0 atom stereocenters. The van der Waals surface area contributed by atoms with Crippen LogP contribution in [0.3, 0.4) is 0 Å². The van der Waals surface area contributed by atoms with Crippen LogP contribution >= 0.6 is 0 Å². The summed E-state index contributed by atoms with van der Waals surface area (Å²) < 4.78 is 5.26. The lowest BCUT2D eigenvalue weighted by molar-refractivity contribution is 0.411. The normalized spacial score (nSPS) is 10.0. The van der Waals surface area contributed by atoms with Crippen LogP contribution in [0.15, 0.2) is 24.3 Å². The molecule has 1 nitrogen and oxygen atoms in total. The van der Waals surface area contributed by atoms with Gasteiger partial charge in [0.25, 0.3) is 0 Å². The van der Waals surface area contributed by atoms with Gasteiger partial charge >= 0.3 is 0 Å². The second-order valence-electron chi connectivity index (χ2n) is 3.81. The molecule has 0 aromatic heterocycles. The van der Waals surface area contributed by atoms with Crippen molar-refractivity contribution in [3.05, 3.63) is 41.0 Å². The largest absolute Gasteiger partial charge is 0.496 e. The molecule has 1 heteroatoms. The van der Waals surface area contributed by atoms with E-state index in [1.807, 2.05) is 6.07 Å². The first-order valence-electron chi connectivity index (χ1n) is 4.83. The fourth-order valence-electron chi connectivity index (χ4n) is 1.59. The van der Waals surface area contributed by atoms with Gasteiger partial charge in [-0.2, -0.15) is 0 Å². The fourth-order valence-corrected chi connectivity index (χ4v) is 1.59. The van der Waals surface area contributed by atoms with Crippen LogP contribution in [0.4, 0.5) is 0 Å². The van der Waals surface area contributed by atoms with Crippen LogP contribution in [0.25, 0.3) is 0 Å². The lowest BCUT2D eigenvalue weighted by Gasteiger charge is -2.12. The summed E-state index contributed by atoms with van der Waals surface area (Å²) >= 11 is 0. The molecule has 0 aliphatic heterocycles. The quantitative estimate of drug-likeness (QED) is 0.663. The number of methoxy groups -OCH3 is 1. The van der Waals surface area contributed by atoms with E-state index in [1.54, 1.807) is 7.11 Å². The highest BCUT2D eigenvalue weighted by Gasteiger charge is 2.06. The number of rotatable bonds is 3. The van der Waals surface area contributed by atoms with Crippen molar-refractivity contribution in [2.75, 3.05) is 7.11 Å². The van der Waals surface area contributed by atoms with Gasteiger partial charge in [0.05, 0.1) is 7.11 Å². The van der Waals surface area contributed by atoms with Crippen molar-refractivity contribution in [1.29, 1.82) is 0 Å². The van der Waals surface area contributed by atoms with Gasteiger partial charge in [0, 0.05) is 0 Å². The van der Waals surface area contributed by atoms with Gasteiger partial charge in [-0.15, -0.1) is 0 Å². The summed E-state index contributed by atoms with van der Waals surface area (Å²) in [5, 5.41) is 0. The highest BCUT2D eigenvalue weighted by molar-refractivity contribution is 5.44. The Labute approximate surface area is 86.4 Å². The topological polar surface area (TPSA) is 9.23 Å². The van der Waals surface area contributed by atoms with Gasteiger partial charge in [0.2, 0.25) is 0 Å². The van der Waals surface area contributed by atoms with Crippen molar-refractivity contribution >= 4 is 0 Å². The number of ether oxygens (including phenoxy) is 1. The molecule has 0 radical (unpaired) electrons. The molecule has 76 valence electrons. The summed E-state index contributed by atoms with van der Waals surface area (Å²) in [6, 6.07) is 4.15. The Bertz CT molecular complexity index is 350. The third kappa shape index (κ3) is 2.16. The summed E-state index contributed by atoms with van der Waals surface area (Å²) in [7, 11) is 1.71. The van der Waals surface area contributed by atoms with Crippen molar-refractivity contribution in [2.24, 2.45) is 0 Å². The fraction of sp³-hybridized carbons (Fsp3) is 0.385. The van der Waals surface area contributed by atoms with Gasteiger partial charge in [-0.25, -0.2) is 0 Å². The second-order valence-corrected chi connectivity index (χ2v) is 3.81. The Kier molecular flexibility index (Phi) is 3.34. The Morgan fingerprint density at radius 1 is 1.29 bits per heavy atom. The zero-order valence-corrected chi connectivity index (χ0v) is 9.48. The van der Waals surface area contributed by atoms with Crippen LogP contribution in [0.2, 0.25) is 0 Å². The Balaban J connectivity index is 3.10. The first-order valence-corrected chi connectivity index (χ1v) is 4.83. The van der Waals surface area contributed by atoms with Gasteiger partial charge in [-0.3, -0.25) is 0 Å². The van der Waals surface area contributed by atoms with Crippen LogP contribution in [-0.2, 0) is 6.42 Å². The molecule has 1 aromatic carbocycles. The molecule has 0 saturated heterocycles. The highest BCUT2D eigenvalue weighted by atomic mass is 16.5. The zero-order chi connectivity index (χ0) is 10.7. The second kappa shape index (κ2) is 4.32. The summed E-state index contributed by atoms with van der Waals surface area (Å²) in [6.45, 7) is 10.2. The van der Waals surface area contributed by atoms with Gasteiger partial charge in [0.1, 0.15) is 5.75 Å². The van der Waals surface area contributed by atoms with E-state index in [9.17, 15) is 0 Å². The maximum absolute atomic E-state index is 5.26. The van der Waals surface area contributed by atoms with E-state index in [4.69, 9.17) is 4.74 Å². The van der Waals surface area contributed by atoms with E-state index in [0.717, 1.165) is 12.2 Å². The molecule has 0 spiro atoms. The first kappa shape index (κ1) is 10.8. The number of hydrogen-bond acceptors (Lipinski definition) is 1. The van der Waals surface area contributed by atoms with Crippen molar-refractivity contribution in [1.82, 2.24) is 0 Å². The average molecular weight is 190 g/mol. The summed E-state index contributed by atoms with van der Waals surface area (Å²) in [4.78, 5) is 0. The number of allylic oxidation sites excluding steroid dienone is 1. The smallest absolute Gasteiger partial charge is 0.122 e. The van der Waals surface area contributed by atoms with Crippen LogP contribution in [0, 0.1) is 13.8 Å². The minimum absolute atomic E-state index is 0.955. The zero-order valence-electron chi connectivity index (χ0n) is 9.48. The van der Waals surface area contributed by atoms with Crippen LogP contribution in [-0.4, -0.2) is 7.11 Å². The predicted octanol–water partition coefficient (Wildman–Crippen LogP) is 3.43. The molecule has 0 unspecified atom stereocenters. The van der Waals surface area contributed by atoms with Gasteiger partial charge < -0.3 is 4.74 Å². The third-order valence-electron chi connectivity index (χ3n) is 2.56. The maximum atomic E-state index is 5.26. The molecule has 0 aliphatic rings. The molecule has 0 bridgehead atoms. The molecule has 14 heavy (non-hydrogen) atoms. The highest BCUT2D eigenvalue weighted by Crippen LogP contribution is 2.25. The molecule has 1 rings (SSSR count). The molecule has 1 aromatic rings. The van der Waals surface area contributed by atoms with Gasteiger partial charge in [0.15, 0.2) is 0 Å². The maximum Gasteiger partial charge on any atom is 0.122 e. The Morgan fingerprint density at radius 3 is 2.43 bits per heavy atom. The van der Waals surface area contributed by atoms with E-state index in [2.05, 4.69) is 33.4 Å². The summed E-state index contributed by atoms with van der Waals surface area (Å²) in [6.07, 6.45) is 0.955.